The molecule has 0 aliphatic rings. The Kier molecular flexibility index (Phi) is 3.16. The van der Waals surface area contributed by atoms with Gasteiger partial charge in [-0.25, -0.2) is 5.09 Å². The molecule has 0 atom stereocenters. The SMILES string of the molecule is C=C(C)N[P+](C)(C)NC. The van der Waals surface area contributed by atoms with Gasteiger partial charge in [0.1, 0.15) is 0 Å². The average molecular weight is 147 g/mol. The molecule has 2 nitrogen and oxygen atoms in total. The minimum atomic E-state index is -1.08. The highest BCUT2D eigenvalue weighted by Gasteiger charge is 2.20. The van der Waals surface area contributed by atoms with Crippen LogP contribution in [-0.2, 0) is 0 Å². The summed E-state index contributed by atoms with van der Waals surface area (Å²) >= 11 is 0. The lowest BCUT2D eigenvalue weighted by Gasteiger charge is -2.17. The zero-order chi connectivity index (χ0) is 7.49. The van der Waals surface area contributed by atoms with Gasteiger partial charge in [-0.1, -0.05) is 6.58 Å². The maximum atomic E-state index is 3.76. The summed E-state index contributed by atoms with van der Waals surface area (Å²) in [4.78, 5) is 0. The van der Waals surface area contributed by atoms with Crippen molar-refractivity contribution in [1.82, 2.24) is 10.2 Å². The maximum Gasteiger partial charge on any atom is 0.162 e. The van der Waals surface area contributed by atoms with Crippen LogP contribution < -0.4 is 10.2 Å². The van der Waals surface area contributed by atoms with E-state index in [0.29, 0.717) is 0 Å². The standard InChI is InChI=1S/C6H16N2P/c1-6(2)8-9(4,5)7-3/h7-8H,1H2,2-5H3/q+1. The summed E-state index contributed by atoms with van der Waals surface area (Å²) in [6, 6.07) is 0. The molecule has 0 amide bonds. The van der Waals surface area contributed by atoms with E-state index in [1.807, 2.05) is 14.0 Å². The topological polar surface area (TPSA) is 24.1 Å². The second-order valence-corrected chi connectivity index (χ2v) is 6.15. The van der Waals surface area contributed by atoms with Gasteiger partial charge < -0.3 is 0 Å². The summed E-state index contributed by atoms with van der Waals surface area (Å²) in [5.41, 5.74) is 1.03. The van der Waals surface area contributed by atoms with Crippen molar-refractivity contribution in [2.75, 3.05) is 20.4 Å². The van der Waals surface area contributed by atoms with E-state index in [-0.39, 0.29) is 0 Å². The van der Waals surface area contributed by atoms with Gasteiger partial charge in [-0.05, 0) is 6.92 Å². The summed E-state index contributed by atoms with van der Waals surface area (Å²) in [7, 11) is 0.883. The molecule has 3 heteroatoms. The van der Waals surface area contributed by atoms with Crippen molar-refractivity contribution in [2.45, 2.75) is 6.92 Å². The second-order valence-electron chi connectivity index (χ2n) is 2.57. The maximum absolute atomic E-state index is 3.76. The zero-order valence-electron chi connectivity index (χ0n) is 6.65. The van der Waals surface area contributed by atoms with Crippen molar-refractivity contribution in [3.8, 4) is 0 Å². The van der Waals surface area contributed by atoms with Crippen molar-refractivity contribution in [2.24, 2.45) is 0 Å². The van der Waals surface area contributed by atoms with Gasteiger partial charge in [0.15, 0.2) is 7.56 Å². The van der Waals surface area contributed by atoms with E-state index in [0.717, 1.165) is 5.70 Å². The number of nitrogens with one attached hydrogen (secondary N) is 2. The van der Waals surface area contributed by atoms with Crippen LogP contribution in [0.4, 0.5) is 0 Å². The molecule has 0 bridgehead atoms. The molecule has 54 valence electrons. The largest absolute Gasteiger partial charge is 0.250 e. The highest BCUT2D eigenvalue weighted by atomic mass is 31.2. The molecule has 0 aromatic carbocycles. The molecular formula is C6H16N2P+. The number of hydrogen-bond donors (Lipinski definition) is 2. The lowest BCUT2D eigenvalue weighted by atomic mass is 10.6. The third kappa shape index (κ3) is 4.43. The third-order valence-corrected chi connectivity index (χ3v) is 3.09. The first-order valence-electron chi connectivity index (χ1n) is 2.95. The van der Waals surface area contributed by atoms with Crippen LogP contribution in [0.1, 0.15) is 6.92 Å². The van der Waals surface area contributed by atoms with E-state index in [1.165, 1.54) is 0 Å². The van der Waals surface area contributed by atoms with E-state index in [1.54, 1.807) is 0 Å². The molecule has 0 aliphatic carbocycles. The van der Waals surface area contributed by atoms with Crippen LogP contribution in [0.25, 0.3) is 0 Å². The molecule has 0 saturated carbocycles. The van der Waals surface area contributed by atoms with Gasteiger partial charge >= 0.3 is 0 Å². The molecule has 0 aromatic heterocycles. The third-order valence-electron chi connectivity index (χ3n) is 1.03. The lowest BCUT2D eigenvalue weighted by Crippen LogP contribution is -2.21. The smallest absolute Gasteiger partial charge is 0.162 e. The van der Waals surface area contributed by atoms with Crippen molar-refractivity contribution >= 4 is 7.56 Å². The van der Waals surface area contributed by atoms with Crippen LogP contribution in [0.3, 0.4) is 0 Å². The van der Waals surface area contributed by atoms with Crippen molar-refractivity contribution in [3.63, 3.8) is 0 Å². The molecule has 0 heterocycles. The Balaban J connectivity index is 3.71. The molecule has 0 aliphatic heterocycles. The van der Waals surface area contributed by atoms with Gasteiger partial charge in [0.05, 0.1) is 13.3 Å². The number of allylic oxidation sites excluding steroid dienone is 1. The van der Waals surface area contributed by atoms with E-state index in [4.69, 9.17) is 0 Å². The Bertz CT molecular complexity index is 110. The van der Waals surface area contributed by atoms with Crippen LogP contribution >= 0.6 is 7.56 Å². The predicted octanol–water partition coefficient (Wildman–Crippen LogP) is 1.44. The minimum Gasteiger partial charge on any atom is -0.250 e. The fourth-order valence-electron chi connectivity index (χ4n) is 0.533. The van der Waals surface area contributed by atoms with Crippen LogP contribution in [0, 0.1) is 0 Å². The average Bonchev–Trinajstić information content (AvgIpc) is 1.63. The molecule has 0 saturated heterocycles. The molecule has 0 fully saturated rings. The molecule has 0 aromatic rings. The molecule has 0 unspecified atom stereocenters. The van der Waals surface area contributed by atoms with Gasteiger partial charge in [0.2, 0.25) is 0 Å². The van der Waals surface area contributed by atoms with Gasteiger partial charge in [0, 0.05) is 12.7 Å². The first-order valence-corrected chi connectivity index (χ1v) is 5.63. The summed E-state index contributed by atoms with van der Waals surface area (Å²) in [5.74, 6) is 0. The molecular weight excluding hydrogens is 131 g/mol. The quantitative estimate of drug-likeness (QED) is 0.590. The van der Waals surface area contributed by atoms with Crippen LogP contribution in [0.5, 0.6) is 0 Å². The van der Waals surface area contributed by atoms with Crippen molar-refractivity contribution < 1.29 is 0 Å². The zero-order valence-corrected chi connectivity index (χ0v) is 7.55. The van der Waals surface area contributed by atoms with Gasteiger partial charge in [-0.3, -0.25) is 0 Å². The van der Waals surface area contributed by atoms with Gasteiger partial charge in [0.25, 0.3) is 0 Å². The van der Waals surface area contributed by atoms with Crippen LogP contribution in [-0.4, -0.2) is 20.4 Å². The Morgan fingerprint density at radius 2 is 1.89 bits per heavy atom. The molecule has 0 radical (unpaired) electrons. The molecule has 9 heavy (non-hydrogen) atoms. The lowest BCUT2D eigenvalue weighted by molar-refractivity contribution is 1.10. The first kappa shape index (κ1) is 8.93. The highest BCUT2D eigenvalue weighted by molar-refractivity contribution is 7.70. The van der Waals surface area contributed by atoms with E-state index in [2.05, 4.69) is 30.1 Å². The number of rotatable bonds is 3. The summed E-state index contributed by atoms with van der Waals surface area (Å²) < 4.78 is 0. The van der Waals surface area contributed by atoms with Crippen LogP contribution in [0.15, 0.2) is 12.3 Å². The van der Waals surface area contributed by atoms with Crippen molar-refractivity contribution in [3.05, 3.63) is 12.3 Å². The molecule has 0 rings (SSSR count). The predicted molar refractivity (Wildman–Crippen MR) is 45.8 cm³/mol. The molecule has 0 spiro atoms. The normalized spacial score (nSPS) is 11.1. The Morgan fingerprint density at radius 1 is 1.44 bits per heavy atom. The number of hydrogen-bond acceptors (Lipinski definition) is 2. The fourth-order valence-corrected chi connectivity index (χ4v) is 1.60. The summed E-state index contributed by atoms with van der Waals surface area (Å²) in [6.07, 6.45) is 0. The van der Waals surface area contributed by atoms with Gasteiger partial charge in [-0.2, -0.15) is 5.09 Å². The highest BCUT2D eigenvalue weighted by Crippen LogP contribution is 2.40. The summed E-state index contributed by atoms with van der Waals surface area (Å²) in [5, 5.41) is 6.49. The monoisotopic (exact) mass is 147 g/mol. The van der Waals surface area contributed by atoms with Gasteiger partial charge in [-0.15, -0.1) is 0 Å². The Labute approximate surface area is 58.2 Å². The Hall–Kier alpha value is -0.0700. The van der Waals surface area contributed by atoms with Crippen LogP contribution in [0.2, 0.25) is 0 Å². The van der Waals surface area contributed by atoms with Crippen molar-refractivity contribution in [1.29, 1.82) is 0 Å². The fraction of sp³-hybridized carbons (Fsp3) is 0.667. The first-order chi connectivity index (χ1) is 3.98. The Morgan fingerprint density at radius 3 is 2.00 bits per heavy atom. The second kappa shape index (κ2) is 3.19. The molecule has 2 N–H and O–H groups in total. The van der Waals surface area contributed by atoms with E-state index < -0.39 is 7.56 Å². The minimum absolute atomic E-state index is 1.03. The van der Waals surface area contributed by atoms with E-state index in [9.17, 15) is 0 Å². The summed E-state index contributed by atoms with van der Waals surface area (Å²) in [6.45, 7) is 10.1. The van der Waals surface area contributed by atoms with E-state index >= 15 is 0 Å².